The van der Waals surface area contributed by atoms with Gasteiger partial charge < -0.3 is 14.9 Å². The number of carbonyl (C=O) groups excluding carboxylic acids is 2. The Labute approximate surface area is 148 Å². The van der Waals surface area contributed by atoms with Crippen LogP contribution in [0.1, 0.15) is 44.6 Å². The second-order valence-corrected chi connectivity index (χ2v) is 6.58. The number of carboxylic acid groups (broad SMARTS) is 1. The van der Waals surface area contributed by atoms with E-state index in [1.54, 1.807) is 0 Å². The Kier molecular flexibility index (Phi) is 6.56. The molecule has 6 nitrogen and oxygen atoms in total. The van der Waals surface area contributed by atoms with E-state index in [0.717, 1.165) is 18.4 Å². The molecule has 1 aromatic rings. The highest BCUT2D eigenvalue weighted by atomic mass is 16.4. The van der Waals surface area contributed by atoms with Gasteiger partial charge in [0.15, 0.2) is 0 Å². The summed E-state index contributed by atoms with van der Waals surface area (Å²) in [6.45, 7) is 4.21. The molecule has 1 aliphatic heterocycles. The first-order valence-corrected chi connectivity index (χ1v) is 8.73. The lowest BCUT2D eigenvalue weighted by atomic mass is 10.00. The van der Waals surface area contributed by atoms with Crippen molar-refractivity contribution in [1.82, 2.24) is 9.80 Å². The van der Waals surface area contributed by atoms with Crippen molar-refractivity contribution in [2.24, 2.45) is 0 Å². The van der Waals surface area contributed by atoms with Gasteiger partial charge in [0.25, 0.3) is 0 Å². The minimum absolute atomic E-state index is 0.0828. The average molecular weight is 346 g/mol. The fraction of sp³-hybridized carbons (Fsp3) is 0.526. The molecule has 1 fully saturated rings. The Morgan fingerprint density at radius 2 is 1.88 bits per heavy atom. The van der Waals surface area contributed by atoms with Gasteiger partial charge in [-0.15, -0.1) is 0 Å². The second kappa shape index (κ2) is 8.65. The van der Waals surface area contributed by atoms with E-state index in [0.29, 0.717) is 19.5 Å². The molecular weight excluding hydrogens is 320 g/mol. The lowest BCUT2D eigenvalue weighted by molar-refractivity contribution is -0.145. The molecule has 1 aliphatic rings. The average Bonchev–Trinajstić information content (AvgIpc) is 2.84. The molecule has 1 aromatic carbocycles. The summed E-state index contributed by atoms with van der Waals surface area (Å²) >= 11 is 0. The first kappa shape index (κ1) is 19.0. The molecule has 0 radical (unpaired) electrons. The van der Waals surface area contributed by atoms with E-state index < -0.39 is 5.97 Å². The van der Waals surface area contributed by atoms with Crippen LogP contribution in [0.3, 0.4) is 0 Å². The van der Waals surface area contributed by atoms with Crippen molar-refractivity contribution < 1.29 is 19.5 Å². The highest BCUT2D eigenvalue weighted by molar-refractivity contribution is 5.83. The molecule has 1 heterocycles. The largest absolute Gasteiger partial charge is 0.480 e. The van der Waals surface area contributed by atoms with Gasteiger partial charge in [0.05, 0.1) is 5.92 Å². The summed E-state index contributed by atoms with van der Waals surface area (Å²) in [4.78, 5) is 38.8. The summed E-state index contributed by atoms with van der Waals surface area (Å²) in [6, 6.07) is 9.55. The predicted molar refractivity (Wildman–Crippen MR) is 94.1 cm³/mol. The maximum absolute atomic E-state index is 12.8. The summed E-state index contributed by atoms with van der Waals surface area (Å²) in [5.74, 6) is -1.37. The lowest BCUT2D eigenvalue weighted by Crippen LogP contribution is -2.43. The molecule has 2 atom stereocenters. The molecule has 6 heteroatoms. The van der Waals surface area contributed by atoms with Gasteiger partial charge >= 0.3 is 5.97 Å². The van der Waals surface area contributed by atoms with Crippen molar-refractivity contribution in [2.45, 2.75) is 45.1 Å². The van der Waals surface area contributed by atoms with Gasteiger partial charge in [0.1, 0.15) is 6.54 Å². The monoisotopic (exact) mass is 346 g/mol. The molecular formula is C19H26N2O4. The van der Waals surface area contributed by atoms with E-state index in [9.17, 15) is 14.4 Å². The highest BCUT2D eigenvalue weighted by Crippen LogP contribution is 2.22. The number of carbonyl (C=O) groups is 3. The first-order valence-electron chi connectivity index (χ1n) is 8.73. The number of hydrogen-bond acceptors (Lipinski definition) is 3. The maximum atomic E-state index is 12.8. The third-order valence-electron chi connectivity index (χ3n) is 4.83. The molecule has 25 heavy (non-hydrogen) atoms. The van der Waals surface area contributed by atoms with Gasteiger partial charge in [-0.3, -0.25) is 14.4 Å². The zero-order chi connectivity index (χ0) is 18.4. The van der Waals surface area contributed by atoms with Crippen molar-refractivity contribution in [2.75, 3.05) is 19.6 Å². The van der Waals surface area contributed by atoms with Gasteiger partial charge in [-0.1, -0.05) is 30.3 Å². The van der Waals surface area contributed by atoms with E-state index in [1.807, 2.05) is 42.2 Å². The van der Waals surface area contributed by atoms with Crippen LogP contribution in [0.4, 0.5) is 0 Å². The van der Waals surface area contributed by atoms with E-state index >= 15 is 0 Å². The molecule has 2 amide bonds. The number of rotatable bonds is 5. The Bertz CT molecular complexity index is 617. The fourth-order valence-electron chi connectivity index (χ4n) is 3.41. The van der Waals surface area contributed by atoms with Crippen LogP contribution in [0.5, 0.6) is 0 Å². The van der Waals surface area contributed by atoms with Gasteiger partial charge in [-0.05, 0) is 31.7 Å². The topological polar surface area (TPSA) is 77.9 Å². The Morgan fingerprint density at radius 3 is 2.48 bits per heavy atom. The number of likely N-dealkylation sites (tertiary alicyclic amines) is 1. The van der Waals surface area contributed by atoms with Crippen LogP contribution in [-0.2, 0) is 14.4 Å². The van der Waals surface area contributed by atoms with Crippen LogP contribution in [0.25, 0.3) is 0 Å². The summed E-state index contributed by atoms with van der Waals surface area (Å²) in [7, 11) is 0. The summed E-state index contributed by atoms with van der Waals surface area (Å²) in [6.07, 6.45) is 2.10. The van der Waals surface area contributed by atoms with Crippen LogP contribution in [0, 0.1) is 0 Å². The summed E-state index contributed by atoms with van der Waals surface area (Å²) < 4.78 is 0. The zero-order valence-corrected chi connectivity index (χ0v) is 14.9. The quantitative estimate of drug-likeness (QED) is 0.886. The third kappa shape index (κ3) is 5.05. The molecule has 0 bridgehead atoms. The molecule has 0 aromatic heterocycles. The molecule has 136 valence electrons. The normalized spacial score (nSPS) is 19.0. The first-order chi connectivity index (χ1) is 11.9. The molecule has 0 aliphatic carbocycles. The number of benzene rings is 1. The SMILES string of the molecule is CC(=O)N(CC(=O)O)C1CCCN(C(=O)C(C)c2ccccc2)CC1. The van der Waals surface area contributed by atoms with Crippen LogP contribution in [0.2, 0.25) is 0 Å². The van der Waals surface area contributed by atoms with E-state index in [4.69, 9.17) is 5.11 Å². The number of hydrogen-bond donors (Lipinski definition) is 1. The molecule has 0 spiro atoms. The molecule has 2 unspecified atom stereocenters. The van der Waals surface area contributed by atoms with Crippen LogP contribution < -0.4 is 0 Å². The van der Waals surface area contributed by atoms with E-state index in [1.165, 1.54) is 11.8 Å². The Balaban J connectivity index is 2.01. The van der Waals surface area contributed by atoms with Gasteiger partial charge in [0.2, 0.25) is 11.8 Å². The van der Waals surface area contributed by atoms with Gasteiger partial charge in [-0.25, -0.2) is 0 Å². The van der Waals surface area contributed by atoms with Crippen LogP contribution in [0.15, 0.2) is 30.3 Å². The Morgan fingerprint density at radius 1 is 1.20 bits per heavy atom. The van der Waals surface area contributed by atoms with Crippen molar-refractivity contribution >= 4 is 17.8 Å². The third-order valence-corrected chi connectivity index (χ3v) is 4.83. The van der Waals surface area contributed by atoms with E-state index in [2.05, 4.69) is 0 Å². The summed E-state index contributed by atoms with van der Waals surface area (Å²) in [5.41, 5.74) is 0.990. The maximum Gasteiger partial charge on any atom is 0.323 e. The summed E-state index contributed by atoms with van der Waals surface area (Å²) in [5, 5.41) is 9.01. The van der Waals surface area contributed by atoms with Crippen molar-refractivity contribution in [3.05, 3.63) is 35.9 Å². The fourth-order valence-corrected chi connectivity index (χ4v) is 3.41. The molecule has 0 saturated carbocycles. The second-order valence-electron chi connectivity index (χ2n) is 6.58. The standard InChI is InChI=1S/C19H26N2O4/c1-14(16-7-4-3-5-8-16)19(25)20-11-6-9-17(10-12-20)21(15(2)22)13-18(23)24/h3-5,7-8,14,17H,6,9-13H2,1-2H3,(H,23,24). The van der Waals surface area contributed by atoms with Crippen LogP contribution >= 0.6 is 0 Å². The molecule has 1 saturated heterocycles. The smallest absolute Gasteiger partial charge is 0.323 e. The predicted octanol–water partition coefficient (Wildman–Crippen LogP) is 2.10. The zero-order valence-electron chi connectivity index (χ0n) is 14.9. The minimum Gasteiger partial charge on any atom is -0.480 e. The minimum atomic E-state index is -1.01. The van der Waals surface area contributed by atoms with Crippen molar-refractivity contribution in [3.63, 3.8) is 0 Å². The van der Waals surface area contributed by atoms with Gasteiger partial charge in [0, 0.05) is 26.1 Å². The highest BCUT2D eigenvalue weighted by Gasteiger charge is 2.29. The Hall–Kier alpha value is -2.37. The number of amides is 2. The van der Waals surface area contributed by atoms with E-state index in [-0.39, 0.29) is 30.3 Å². The van der Waals surface area contributed by atoms with Crippen LogP contribution in [-0.4, -0.2) is 58.4 Å². The number of carboxylic acids is 1. The number of aliphatic carboxylic acids is 1. The van der Waals surface area contributed by atoms with Crippen molar-refractivity contribution in [1.29, 1.82) is 0 Å². The number of nitrogens with zero attached hydrogens (tertiary/aromatic N) is 2. The molecule has 1 N–H and O–H groups in total. The molecule has 2 rings (SSSR count). The van der Waals surface area contributed by atoms with Gasteiger partial charge in [-0.2, -0.15) is 0 Å². The van der Waals surface area contributed by atoms with Crippen molar-refractivity contribution in [3.8, 4) is 0 Å². The lowest BCUT2D eigenvalue weighted by Gasteiger charge is -2.29.